The number of fused-ring (bicyclic) bond motifs is 3. The van der Waals surface area contributed by atoms with Crippen molar-refractivity contribution >= 4 is 11.6 Å². The van der Waals surface area contributed by atoms with E-state index in [1.807, 2.05) is 18.2 Å². The summed E-state index contributed by atoms with van der Waals surface area (Å²) in [6, 6.07) is 11.4. The molecule has 2 heterocycles. The molecule has 0 radical (unpaired) electrons. The first-order valence-electron chi connectivity index (χ1n) is 8.03. The fraction of sp³-hybridized carbons (Fsp3) is 0.263. The van der Waals surface area contributed by atoms with Gasteiger partial charge in [0.25, 0.3) is 0 Å². The molecule has 128 valence electrons. The Hall–Kier alpha value is -2.89. The van der Waals surface area contributed by atoms with Gasteiger partial charge in [0.05, 0.1) is 31.4 Å². The van der Waals surface area contributed by atoms with Crippen LogP contribution < -0.4 is 9.47 Å². The van der Waals surface area contributed by atoms with Crippen molar-refractivity contribution in [1.29, 1.82) is 0 Å². The number of ether oxygens (including phenoxy) is 2. The Morgan fingerprint density at radius 3 is 2.72 bits per heavy atom. The van der Waals surface area contributed by atoms with Gasteiger partial charge >= 0.3 is 0 Å². The van der Waals surface area contributed by atoms with Crippen molar-refractivity contribution in [3.63, 3.8) is 0 Å². The predicted octanol–water partition coefficient (Wildman–Crippen LogP) is 3.15. The molecule has 0 saturated carbocycles. The molecule has 0 fully saturated rings. The summed E-state index contributed by atoms with van der Waals surface area (Å²) < 4.78 is 24.5. The minimum absolute atomic E-state index is 0.117. The van der Waals surface area contributed by atoms with E-state index in [9.17, 15) is 9.18 Å². The fourth-order valence-corrected chi connectivity index (χ4v) is 3.44. The third kappa shape index (κ3) is 2.54. The van der Waals surface area contributed by atoms with Gasteiger partial charge in [0.15, 0.2) is 0 Å². The summed E-state index contributed by atoms with van der Waals surface area (Å²) in [5.41, 5.74) is 2.45. The molecule has 0 N–H and O–H groups in total. The van der Waals surface area contributed by atoms with E-state index in [1.165, 1.54) is 24.1 Å². The van der Waals surface area contributed by atoms with Crippen LogP contribution in [0.25, 0.3) is 0 Å². The Balaban J connectivity index is 1.80. The summed E-state index contributed by atoms with van der Waals surface area (Å²) >= 11 is 0. The lowest BCUT2D eigenvalue weighted by atomic mass is 9.85. The molecule has 0 aliphatic carbocycles. The van der Waals surface area contributed by atoms with Gasteiger partial charge < -0.3 is 9.47 Å². The van der Waals surface area contributed by atoms with Crippen LogP contribution in [0, 0.1) is 11.7 Å². The largest absolute Gasteiger partial charge is 0.497 e. The number of carbonyl (C=O) groups excluding carboxylic acids is 1. The highest BCUT2D eigenvalue weighted by Crippen LogP contribution is 2.43. The quantitative estimate of drug-likeness (QED) is 0.844. The zero-order chi connectivity index (χ0) is 17.6. The zero-order valence-electron chi connectivity index (χ0n) is 13.9. The fourth-order valence-electron chi connectivity index (χ4n) is 3.44. The van der Waals surface area contributed by atoms with E-state index < -0.39 is 0 Å². The topological polar surface area (TPSA) is 51.1 Å². The third-order valence-electron chi connectivity index (χ3n) is 4.63. The Bertz CT molecular complexity index is 863. The molecule has 5 nitrogen and oxygen atoms in total. The number of rotatable bonds is 2. The van der Waals surface area contributed by atoms with Crippen molar-refractivity contribution in [2.24, 2.45) is 11.0 Å². The molecule has 0 aromatic heterocycles. The van der Waals surface area contributed by atoms with E-state index in [1.54, 1.807) is 19.2 Å². The van der Waals surface area contributed by atoms with Gasteiger partial charge in [-0.2, -0.15) is 5.10 Å². The Kier molecular flexibility index (Phi) is 3.67. The molecule has 2 aromatic carbocycles. The van der Waals surface area contributed by atoms with Gasteiger partial charge in [0.2, 0.25) is 5.91 Å². The van der Waals surface area contributed by atoms with Crippen molar-refractivity contribution in [2.75, 3.05) is 13.7 Å². The average Bonchev–Trinajstić information content (AvgIpc) is 3.02. The Labute approximate surface area is 144 Å². The van der Waals surface area contributed by atoms with Gasteiger partial charge in [0, 0.05) is 12.5 Å². The van der Waals surface area contributed by atoms with Gasteiger partial charge in [-0.25, -0.2) is 9.40 Å². The summed E-state index contributed by atoms with van der Waals surface area (Å²) in [6.07, 6.45) is 0. The predicted molar refractivity (Wildman–Crippen MR) is 90.2 cm³/mol. The highest BCUT2D eigenvalue weighted by Gasteiger charge is 2.44. The van der Waals surface area contributed by atoms with Crippen LogP contribution in [0.2, 0.25) is 0 Å². The number of hydrogen-bond acceptors (Lipinski definition) is 4. The summed E-state index contributed by atoms with van der Waals surface area (Å²) in [7, 11) is 1.60. The average molecular weight is 340 g/mol. The highest BCUT2D eigenvalue weighted by atomic mass is 19.1. The van der Waals surface area contributed by atoms with Crippen molar-refractivity contribution < 1.29 is 18.7 Å². The number of hydrazone groups is 1. The molecule has 2 aromatic rings. The van der Waals surface area contributed by atoms with Crippen LogP contribution >= 0.6 is 0 Å². The summed E-state index contributed by atoms with van der Waals surface area (Å²) in [6.45, 7) is 1.88. The van der Waals surface area contributed by atoms with E-state index in [0.29, 0.717) is 12.4 Å². The van der Waals surface area contributed by atoms with Crippen LogP contribution in [0.5, 0.6) is 11.5 Å². The maximum atomic E-state index is 13.3. The smallest absolute Gasteiger partial charge is 0.240 e. The molecule has 2 atom stereocenters. The first-order chi connectivity index (χ1) is 12.1. The van der Waals surface area contributed by atoms with E-state index in [2.05, 4.69) is 5.10 Å². The number of hydrogen-bond donors (Lipinski definition) is 0. The molecule has 2 aliphatic rings. The van der Waals surface area contributed by atoms with Crippen LogP contribution in [0.4, 0.5) is 4.39 Å². The monoisotopic (exact) mass is 340 g/mol. The summed E-state index contributed by atoms with van der Waals surface area (Å²) in [5.74, 6) is 0.825. The molecule has 6 heteroatoms. The Morgan fingerprint density at radius 1 is 1.28 bits per heavy atom. The lowest BCUT2D eigenvalue weighted by molar-refractivity contribution is -0.131. The van der Waals surface area contributed by atoms with Crippen molar-refractivity contribution in [2.45, 2.75) is 13.0 Å². The lowest BCUT2D eigenvalue weighted by Crippen LogP contribution is -2.34. The number of benzene rings is 2. The number of methoxy groups -OCH3 is 1. The maximum absolute atomic E-state index is 13.3. The summed E-state index contributed by atoms with van der Waals surface area (Å²) in [5, 5.41) is 6.04. The van der Waals surface area contributed by atoms with Crippen LogP contribution in [-0.2, 0) is 4.79 Å². The van der Waals surface area contributed by atoms with Crippen LogP contribution in [0.1, 0.15) is 24.1 Å². The van der Waals surface area contributed by atoms with Crippen molar-refractivity contribution in [3.05, 3.63) is 59.4 Å². The van der Waals surface area contributed by atoms with E-state index in [4.69, 9.17) is 9.47 Å². The molecule has 0 saturated heterocycles. The van der Waals surface area contributed by atoms with Gasteiger partial charge in [-0.3, -0.25) is 4.79 Å². The standard InChI is InChI=1S/C19H17FN2O3/c1-11(23)22-19(12-3-5-13(20)6-4-12)16-10-25-17-8-7-14(24-2)9-15(17)18(16)21-22/h3-9,16,19H,10H2,1-2H3/t16-,19+/m1/s1. The minimum Gasteiger partial charge on any atom is -0.497 e. The molecule has 2 aliphatic heterocycles. The van der Waals surface area contributed by atoms with E-state index in [-0.39, 0.29) is 23.7 Å². The van der Waals surface area contributed by atoms with Crippen molar-refractivity contribution in [1.82, 2.24) is 5.01 Å². The molecular formula is C19H17FN2O3. The van der Waals surface area contributed by atoms with Crippen LogP contribution in [0.15, 0.2) is 47.6 Å². The second kappa shape index (κ2) is 5.88. The molecule has 0 unspecified atom stereocenters. The molecular weight excluding hydrogens is 323 g/mol. The van der Waals surface area contributed by atoms with Gasteiger partial charge in [0.1, 0.15) is 17.3 Å². The molecule has 0 bridgehead atoms. The number of amides is 1. The lowest BCUT2D eigenvalue weighted by Gasteiger charge is -2.29. The molecule has 0 spiro atoms. The van der Waals surface area contributed by atoms with E-state index >= 15 is 0 Å². The maximum Gasteiger partial charge on any atom is 0.240 e. The normalized spacial score (nSPS) is 21.1. The van der Waals surface area contributed by atoms with Gasteiger partial charge in [-0.05, 0) is 35.9 Å². The van der Waals surface area contributed by atoms with Crippen molar-refractivity contribution in [3.8, 4) is 11.5 Å². The summed E-state index contributed by atoms with van der Waals surface area (Å²) in [4.78, 5) is 12.2. The highest BCUT2D eigenvalue weighted by molar-refractivity contribution is 6.07. The zero-order valence-corrected chi connectivity index (χ0v) is 13.9. The van der Waals surface area contributed by atoms with Gasteiger partial charge in [-0.1, -0.05) is 12.1 Å². The molecule has 1 amide bonds. The second-order valence-electron chi connectivity index (χ2n) is 6.12. The molecule has 4 rings (SSSR count). The minimum atomic E-state index is -0.313. The molecule has 25 heavy (non-hydrogen) atoms. The second-order valence-corrected chi connectivity index (χ2v) is 6.12. The number of carbonyl (C=O) groups is 1. The van der Waals surface area contributed by atoms with E-state index in [0.717, 1.165) is 22.6 Å². The first-order valence-corrected chi connectivity index (χ1v) is 8.03. The third-order valence-corrected chi connectivity index (χ3v) is 4.63. The Morgan fingerprint density at radius 2 is 2.04 bits per heavy atom. The van der Waals surface area contributed by atoms with Crippen LogP contribution in [-0.4, -0.2) is 30.3 Å². The number of halogens is 1. The van der Waals surface area contributed by atoms with Crippen LogP contribution in [0.3, 0.4) is 0 Å². The number of nitrogens with zero attached hydrogens (tertiary/aromatic N) is 2. The van der Waals surface area contributed by atoms with Gasteiger partial charge in [-0.15, -0.1) is 0 Å². The SMILES string of the molecule is COc1ccc2c(c1)C1=NN(C(C)=O)[C@@H](c3ccc(F)cc3)[C@@H]1CO2. The first kappa shape index (κ1) is 15.6.